The number of sulfone groups is 1. The van der Waals surface area contributed by atoms with Crippen molar-refractivity contribution in [2.75, 3.05) is 19.4 Å². The molecule has 1 N–H and O–H groups in total. The summed E-state index contributed by atoms with van der Waals surface area (Å²) in [6.45, 7) is 9.47. The monoisotopic (exact) mass is 737 g/mol. The molecule has 282 valence electrons. The maximum Gasteiger partial charge on any atom is 0.306 e. The molecule has 4 aliphatic rings. The Morgan fingerprint density at radius 1 is 1.08 bits per heavy atom. The van der Waals surface area contributed by atoms with Crippen LogP contribution in [0.4, 0.5) is 0 Å². The number of carbonyl (C=O) groups excluding carboxylic acids is 4. The molecule has 0 unspecified atom stereocenters. The molecule has 2 heterocycles. The van der Waals surface area contributed by atoms with Gasteiger partial charge in [0.25, 0.3) is 0 Å². The van der Waals surface area contributed by atoms with Crippen LogP contribution in [-0.4, -0.2) is 90.3 Å². The third kappa shape index (κ3) is 7.84. The Morgan fingerprint density at radius 3 is 2.42 bits per heavy atom. The lowest BCUT2D eigenvalue weighted by Crippen LogP contribution is -2.55. The summed E-state index contributed by atoms with van der Waals surface area (Å²) in [7, 11) is -2.09. The predicted octanol–water partition coefficient (Wildman–Crippen LogP) is 4.73. The average Bonchev–Trinajstić information content (AvgIpc) is 3.32. The van der Waals surface area contributed by atoms with Crippen molar-refractivity contribution < 1.29 is 41.8 Å². The lowest BCUT2D eigenvalue weighted by Gasteiger charge is -2.35. The minimum atomic E-state index is -3.67. The number of likely N-dealkylation sites (tertiary alicyclic amines) is 1. The Balaban J connectivity index is 1.27. The molecule has 52 heavy (non-hydrogen) atoms. The molecule has 1 aromatic heterocycles. The van der Waals surface area contributed by atoms with E-state index in [1.807, 2.05) is 39.0 Å². The highest BCUT2D eigenvalue weighted by Crippen LogP contribution is 2.46. The number of pyridine rings is 1. The lowest BCUT2D eigenvalue weighted by molar-refractivity contribution is -0.156. The van der Waals surface area contributed by atoms with Crippen LogP contribution < -0.4 is 14.8 Å². The number of Topliss-reactive ketones (excluding diaryl/α,β-unsaturated/α-hetero) is 1. The molecule has 3 saturated carbocycles. The number of fused-ring (bicyclic) bond motifs is 1. The van der Waals surface area contributed by atoms with E-state index in [0.29, 0.717) is 24.5 Å². The number of ketones is 1. The zero-order chi connectivity index (χ0) is 37.4. The smallest absolute Gasteiger partial charge is 0.306 e. The molecule has 13 heteroatoms. The number of ether oxygens (including phenoxy) is 3. The first-order chi connectivity index (χ1) is 24.6. The Hall–Kier alpha value is -4.00. The highest BCUT2D eigenvalue weighted by Gasteiger charge is 2.61. The van der Waals surface area contributed by atoms with Crippen LogP contribution in [-0.2, 0) is 33.8 Å². The first-order valence-electron chi connectivity index (χ1n) is 18.4. The molecule has 1 aromatic carbocycles. The van der Waals surface area contributed by atoms with E-state index in [0.717, 1.165) is 42.9 Å². The number of amides is 2. The van der Waals surface area contributed by atoms with Gasteiger partial charge in [0.05, 0.1) is 31.2 Å². The first-order valence-corrected chi connectivity index (χ1v) is 20.2. The second-order valence-corrected chi connectivity index (χ2v) is 18.3. The number of hydrogen-bond donors (Lipinski definition) is 1. The number of aromatic nitrogens is 1. The van der Waals surface area contributed by atoms with Crippen LogP contribution in [0.2, 0.25) is 0 Å². The molecule has 2 amide bonds. The molecule has 0 spiro atoms. The summed E-state index contributed by atoms with van der Waals surface area (Å²) in [5.41, 5.74) is -2.09. The molecule has 12 nitrogen and oxygen atoms in total. The fraction of sp³-hybridized carbons (Fsp3) is 0.615. The van der Waals surface area contributed by atoms with Crippen molar-refractivity contribution in [3.05, 3.63) is 43.1 Å². The molecule has 3 aliphatic carbocycles. The summed E-state index contributed by atoms with van der Waals surface area (Å²) < 4.78 is 43.6. The summed E-state index contributed by atoms with van der Waals surface area (Å²) in [5.74, 6) is -2.93. The van der Waals surface area contributed by atoms with Gasteiger partial charge in [0.15, 0.2) is 15.6 Å². The van der Waals surface area contributed by atoms with Gasteiger partial charge in [-0.25, -0.2) is 13.4 Å². The maximum absolute atomic E-state index is 14.6. The van der Waals surface area contributed by atoms with Crippen molar-refractivity contribution in [2.45, 2.75) is 114 Å². The van der Waals surface area contributed by atoms with Crippen LogP contribution in [0.5, 0.6) is 11.6 Å². The molecule has 1 aliphatic heterocycles. The fourth-order valence-corrected chi connectivity index (χ4v) is 9.73. The molecule has 6 rings (SSSR count). The number of nitrogens with zero attached hydrogens (tertiary/aromatic N) is 2. The van der Waals surface area contributed by atoms with Crippen LogP contribution in [0.3, 0.4) is 0 Å². The third-order valence-electron chi connectivity index (χ3n) is 11.4. The van der Waals surface area contributed by atoms with Gasteiger partial charge < -0.3 is 24.4 Å². The number of nitrogens with one attached hydrogen (secondary N) is 1. The average molecular weight is 738 g/mol. The van der Waals surface area contributed by atoms with Crippen molar-refractivity contribution in [1.29, 1.82) is 0 Å². The van der Waals surface area contributed by atoms with Crippen molar-refractivity contribution >= 4 is 44.2 Å². The van der Waals surface area contributed by atoms with Crippen molar-refractivity contribution in [1.82, 2.24) is 15.2 Å². The Morgan fingerprint density at radius 2 is 1.81 bits per heavy atom. The number of hydrogen-bond acceptors (Lipinski definition) is 10. The summed E-state index contributed by atoms with van der Waals surface area (Å²) >= 11 is 0. The topological polar surface area (TPSA) is 158 Å². The first kappa shape index (κ1) is 37.7. The maximum atomic E-state index is 14.6. The van der Waals surface area contributed by atoms with E-state index in [1.165, 1.54) is 4.90 Å². The van der Waals surface area contributed by atoms with Crippen LogP contribution in [0.1, 0.15) is 85.0 Å². The highest BCUT2D eigenvalue weighted by atomic mass is 32.2. The predicted molar refractivity (Wildman–Crippen MR) is 194 cm³/mol. The third-order valence-corrected chi connectivity index (χ3v) is 13.6. The fourth-order valence-electron chi connectivity index (χ4n) is 7.82. The van der Waals surface area contributed by atoms with E-state index in [4.69, 9.17) is 14.2 Å². The minimum absolute atomic E-state index is 0.0251. The minimum Gasteiger partial charge on any atom is -0.497 e. The number of methoxy groups -OCH3 is 1. The Labute approximate surface area is 305 Å². The molecule has 0 bridgehead atoms. The summed E-state index contributed by atoms with van der Waals surface area (Å²) in [6, 6.07) is 6.25. The van der Waals surface area contributed by atoms with Gasteiger partial charge in [-0.05, 0) is 80.0 Å². The number of carbonyl (C=O) groups is 4. The lowest BCUT2D eigenvalue weighted by atomic mass is 9.77. The van der Waals surface area contributed by atoms with Gasteiger partial charge in [-0.3, -0.25) is 19.2 Å². The Bertz CT molecular complexity index is 1830. The summed E-state index contributed by atoms with van der Waals surface area (Å²) in [5, 5.41) is 3.91. The largest absolute Gasteiger partial charge is 0.497 e. The SMILES string of the molecule is C=C[C@@H]1C[C@]1(NC(=O)[C@@H]1C[C@@H](Oc2nccc3cc(OC)ccc23)CN1C(=O)[C@@H](CC(=O)OC1CCCC1)C(C)(C)C)C(=O)CS(=O)(=O)C1CCC1. The van der Waals surface area contributed by atoms with E-state index < -0.39 is 79.3 Å². The van der Waals surface area contributed by atoms with E-state index in [2.05, 4.69) is 16.9 Å². The van der Waals surface area contributed by atoms with E-state index in [9.17, 15) is 27.6 Å². The molecular weight excluding hydrogens is 687 g/mol. The van der Waals surface area contributed by atoms with Gasteiger partial charge in [0.2, 0.25) is 17.7 Å². The highest BCUT2D eigenvalue weighted by molar-refractivity contribution is 7.92. The molecule has 1 saturated heterocycles. The standard InChI is InChI=1S/C39H51N3O9S/c1-6-25-21-39(25,33(43)23-52(47,48)29-12-9-13-29)41-35(45)32-19-28(51-36-30-15-14-27(49-5)18-24(30)16-17-40-36)22-42(32)37(46)31(38(2,3)4)20-34(44)50-26-10-7-8-11-26/h6,14-18,25-26,28-29,31-32H,1,7-13,19-23H2,2-5H3,(H,41,45)/t25-,28-,31-,32+,39-/m1/s1. The van der Waals surface area contributed by atoms with Crippen LogP contribution in [0.15, 0.2) is 43.1 Å². The number of esters is 1. The molecular formula is C39H51N3O9S. The summed E-state index contributed by atoms with van der Waals surface area (Å²) in [6.07, 6.45) is 7.97. The van der Waals surface area contributed by atoms with Gasteiger partial charge in [0.1, 0.15) is 35.3 Å². The molecule has 0 radical (unpaired) electrons. The summed E-state index contributed by atoms with van der Waals surface area (Å²) in [4.78, 5) is 61.7. The van der Waals surface area contributed by atoms with Crippen molar-refractivity contribution in [2.24, 2.45) is 17.3 Å². The number of rotatable bonds is 14. The second-order valence-electron chi connectivity index (χ2n) is 16.0. The van der Waals surface area contributed by atoms with Crippen molar-refractivity contribution in [3.8, 4) is 11.6 Å². The van der Waals surface area contributed by atoms with E-state index >= 15 is 0 Å². The zero-order valence-corrected chi connectivity index (χ0v) is 31.4. The Kier molecular flexibility index (Phi) is 10.7. The van der Waals surface area contributed by atoms with Gasteiger partial charge in [0, 0.05) is 23.9 Å². The van der Waals surface area contributed by atoms with Gasteiger partial charge in [-0.15, -0.1) is 6.58 Å². The normalized spacial score (nSPS) is 25.6. The van der Waals surface area contributed by atoms with Gasteiger partial charge in [-0.2, -0.15) is 0 Å². The van der Waals surface area contributed by atoms with Crippen LogP contribution in [0, 0.1) is 17.3 Å². The molecule has 5 atom stereocenters. The van der Waals surface area contributed by atoms with Crippen LogP contribution >= 0.6 is 0 Å². The quantitative estimate of drug-likeness (QED) is 0.212. The van der Waals surface area contributed by atoms with Gasteiger partial charge in [-0.1, -0.05) is 33.3 Å². The number of benzene rings is 1. The second kappa shape index (κ2) is 14.8. The molecule has 4 fully saturated rings. The van der Waals surface area contributed by atoms with Crippen LogP contribution in [0.25, 0.3) is 10.8 Å². The molecule has 2 aromatic rings. The zero-order valence-electron chi connectivity index (χ0n) is 30.6. The van der Waals surface area contributed by atoms with Gasteiger partial charge >= 0.3 is 5.97 Å². The van der Waals surface area contributed by atoms with Crippen molar-refractivity contribution in [3.63, 3.8) is 0 Å². The van der Waals surface area contributed by atoms with E-state index in [1.54, 1.807) is 25.4 Å². The van der Waals surface area contributed by atoms with E-state index in [-0.39, 0.29) is 31.9 Å².